The SMILES string of the molecule is CO.C[CH2][Zn][CH2]C. The van der Waals surface area contributed by atoms with E-state index in [2.05, 4.69) is 13.8 Å². The van der Waals surface area contributed by atoms with Crippen molar-refractivity contribution in [2.75, 3.05) is 7.11 Å². The van der Waals surface area contributed by atoms with E-state index in [1.807, 2.05) is 0 Å². The van der Waals surface area contributed by atoms with Gasteiger partial charge in [0, 0.05) is 7.11 Å². The second-order valence-corrected chi connectivity index (χ2v) is 7.03. The van der Waals surface area contributed by atoms with Crippen LogP contribution in [0.2, 0.25) is 10.0 Å². The van der Waals surface area contributed by atoms with Crippen molar-refractivity contribution in [2.24, 2.45) is 0 Å². The molecule has 0 spiro atoms. The molecule has 0 bridgehead atoms. The van der Waals surface area contributed by atoms with E-state index in [4.69, 9.17) is 5.11 Å². The van der Waals surface area contributed by atoms with E-state index in [0.717, 1.165) is 7.11 Å². The average molecular weight is 156 g/mol. The maximum absolute atomic E-state index is 7.00. The van der Waals surface area contributed by atoms with Crippen molar-refractivity contribution in [3.63, 3.8) is 0 Å². The topological polar surface area (TPSA) is 20.2 Å². The van der Waals surface area contributed by atoms with Gasteiger partial charge in [-0.15, -0.1) is 0 Å². The van der Waals surface area contributed by atoms with Crippen LogP contribution in [0.1, 0.15) is 13.8 Å². The standard InChI is InChI=1S/2C2H5.CH4O.Zn/c3*1-2;/h2*1H2,2H3;2H,1H3;. The Balaban J connectivity index is 0. The van der Waals surface area contributed by atoms with Gasteiger partial charge < -0.3 is 5.11 Å². The van der Waals surface area contributed by atoms with Crippen LogP contribution >= 0.6 is 0 Å². The van der Waals surface area contributed by atoms with Crippen molar-refractivity contribution >= 4 is 0 Å². The molecule has 0 fully saturated rings. The van der Waals surface area contributed by atoms with Gasteiger partial charge in [0.1, 0.15) is 0 Å². The third kappa shape index (κ3) is 20.7. The van der Waals surface area contributed by atoms with Crippen molar-refractivity contribution in [3.05, 3.63) is 0 Å². The van der Waals surface area contributed by atoms with Crippen molar-refractivity contribution in [1.82, 2.24) is 0 Å². The van der Waals surface area contributed by atoms with Crippen LogP contribution in [0, 0.1) is 0 Å². The summed E-state index contributed by atoms with van der Waals surface area (Å²) in [5, 5.41) is 10.1. The molecule has 0 radical (unpaired) electrons. The second kappa shape index (κ2) is 16.0. The van der Waals surface area contributed by atoms with Crippen molar-refractivity contribution in [1.29, 1.82) is 0 Å². The van der Waals surface area contributed by atoms with Crippen LogP contribution in [0.4, 0.5) is 0 Å². The Bertz CT molecular complexity index is 15.6. The van der Waals surface area contributed by atoms with Crippen LogP contribution in [-0.2, 0) is 17.1 Å². The number of hydrogen-bond donors (Lipinski definition) is 1. The minimum absolute atomic E-state index is 0.0972. The first kappa shape index (κ1) is 10.5. The summed E-state index contributed by atoms with van der Waals surface area (Å²) in [5.41, 5.74) is 0. The quantitative estimate of drug-likeness (QED) is 0.600. The molecular weight excluding hydrogens is 141 g/mol. The summed E-state index contributed by atoms with van der Waals surface area (Å²) in [4.78, 5) is 0. The van der Waals surface area contributed by atoms with Crippen molar-refractivity contribution in [2.45, 2.75) is 23.9 Å². The fraction of sp³-hybridized carbons (Fsp3) is 1.00. The number of aliphatic hydroxyl groups excluding tert-OH is 1. The molecule has 2 heteroatoms. The summed E-state index contributed by atoms with van der Waals surface area (Å²) in [6, 6.07) is 0. The van der Waals surface area contributed by atoms with Crippen LogP contribution in [0.25, 0.3) is 0 Å². The average Bonchev–Trinajstić information content (AvgIpc) is 1.75. The van der Waals surface area contributed by atoms with Crippen molar-refractivity contribution in [3.8, 4) is 0 Å². The van der Waals surface area contributed by atoms with E-state index in [1.165, 1.54) is 10.0 Å². The van der Waals surface area contributed by atoms with E-state index in [1.54, 1.807) is 0 Å². The van der Waals surface area contributed by atoms with E-state index < -0.39 is 0 Å². The summed E-state index contributed by atoms with van der Waals surface area (Å²) in [6.45, 7) is 4.59. The van der Waals surface area contributed by atoms with Gasteiger partial charge in [-0.1, -0.05) is 0 Å². The number of aliphatic hydroxyl groups is 1. The first-order valence-electron chi connectivity index (χ1n) is 2.86. The summed E-state index contributed by atoms with van der Waals surface area (Å²) >= 11 is 0.0972. The van der Waals surface area contributed by atoms with Gasteiger partial charge in [0.2, 0.25) is 0 Å². The van der Waals surface area contributed by atoms with Gasteiger partial charge in [0.05, 0.1) is 0 Å². The third-order valence-electron chi connectivity index (χ3n) is 0.707. The first-order chi connectivity index (χ1) is 3.41. The second-order valence-electron chi connectivity index (χ2n) is 1.35. The Kier molecular flexibility index (Phi) is 24.1. The zero-order valence-electron chi connectivity index (χ0n) is 5.57. The number of rotatable bonds is 2. The van der Waals surface area contributed by atoms with E-state index in [-0.39, 0.29) is 17.1 Å². The predicted octanol–water partition coefficient (Wildman–Crippen LogP) is 1.55. The fourth-order valence-corrected chi connectivity index (χ4v) is 1.84. The Morgan fingerprint density at radius 1 is 1.14 bits per heavy atom. The Morgan fingerprint density at radius 3 is 1.43 bits per heavy atom. The van der Waals surface area contributed by atoms with E-state index in [0.29, 0.717) is 0 Å². The molecule has 0 aromatic rings. The molecule has 0 heterocycles. The molecule has 7 heavy (non-hydrogen) atoms. The van der Waals surface area contributed by atoms with Gasteiger partial charge in [-0.05, 0) is 0 Å². The van der Waals surface area contributed by atoms with Crippen LogP contribution in [0.3, 0.4) is 0 Å². The molecule has 0 aliphatic rings. The van der Waals surface area contributed by atoms with Gasteiger partial charge in [0.15, 0.2) is 0 Å². The van der Waals surface area contributed by atoms with E-state index >= 15 is 0 Å². The predicted molar refractivity (Wildman–Crippen MR) is 29.1 cm³/mol. The summed E-state index contributed by atoms with van der Waals surface area (Å²) in [7, 11) is 1.00. The molecule has 0 aliphatic carbocycles. The molecule has 0 saturated heterocycles. The monoisotopic (exact) mass is 154 g/mol. The van der Waals surface area contributed by atoms with E-state index in [9.17, 15) is 0 Å². The Labute approximate surface area is 53.7 Å². The zero-order chi connectivity index (χ0) is 6.12. The van der Waals surface area contributed by atoms with Crippen LogP contribution in [0.5, 0.6) is 0 Å². The van der Waals surface area contributed by atoms with Crippen LogP contribution in [0.15, 0.2) is 0 Å². The Morgan fingerprint density at radius 2 is 1.43 bits per heavy atom. The molecule has 0 amide bonds. The Hall–Kier alpha value is 0.583. The van der Waals surface area contributed by atoms with Crippen LogP contribution in [-0.4, -0.2) is 12.2 Å². The molecule has 0 aromatic heterocycles. The van der Waals surface area contributed by atoms with Gasteiger partial charge in [-0.2, -0.15) is 0 Å². The molecule has 0 atom stereocenters. The molecule has 0 aliphatic heterocycles. The normalized spacial score (nSPS) is 5.71. The molecule has 1 N–H and O–H groups in total. The van der Waals surface area contributed by atoms with Gasteiger partial charge in [-0.3, -0.25) is 0 Å². The maximum atomic E-state index is 7.00. The molecule has 42 valence electrons. The molecule has 0 saturated carbocycles. The molecule has 1 nitrogen and oxygen atoms in total. The van der Waals surface area contributed by atoms with Crippen molar-refractivity contribution < 1.29 is 22.2 Å². The van der Waals surface area contributed by atoms with Crippen LogP contribution < -0.4 is 0 Å². The van der Waals surface area contributed by atoms with Gasteiger partial charge >= 0.3 is 41.0 Å². The molecule has 0 aromatic carbocycles. The number of hydrogen-bond acceptors (Lipinski definition) is 1. The van der Waals surface area contributed by atoms with Gasteiger partial charge in [0.25, 0.3) is 0 Å². The third-order valence-corrected chi connectivity index (χ3v) is 3.67. The fourth-order valence-electron chi connectivity index (χ4n) is 0.354. The first-order valence-corrected chi connectivity index (χ1v) is 7.06. The molecule has 0 unspecified atom stereocenters. The summed E-state index contributed by atoms with van der Waals surface area (Å²) < 4.78 is 0. The summed E-state index contributed by atoms with van der Waals surface area (Å²) in [5.74, 6) is 0. The zero-order valence-corrected chi connectivity index (χ0v) is 8.54. The summed E-state index contributed by atoms with van der Waals surface area (Å²) in [6.07, 6.45) is 0. The molecular formula is C5H14OZn. The minimum atomic E-state index is 0.0972. The van der Waals surface area contributed by atoms with Gasteiger partial charge in [-0.25, -0.2) is 0 Å². The molecule has 0 rings (SSSR count).